The first-order valence-electron chi connectivity index (χ1n) is 11.6. The highest BCUT2D eigenvalue weighted by Gasteiger charge is 2.38. The number of benzene rings is 2. The van der Waals surface area contributed by atoms with Crippen molar-refractivity contribution < 1.29 is 32.2 Å². The van der Waals surface area contributed by atoms with Gasteiger partial charge in [-0.2, -0.15) is 15.4 Å². The molecular formula is C24H24F3N5O4. The number of carbonyl (C=O) groups is 2. The van der Waals surface area contributed by atoms with E-state index in [0.717, 1.165) is 18.9 Å². The lowest BCUT2D eigenvalue weighted by atomic mass is 9.92. The Hall–Kier alpha value is -3.83. The van der Waals surface area contributed by atoms with Crippen molar-refractivity contribution >= 4 is 22.8 Å². The number of ether oxygens (including phenoxy) is 2. The van der Waals surface area contributed by atoms with Crippen LogP contribution in [0.4, 0.5) is 13.2 Å². The number of para-hydroxylation sites is 2. The maximum absolute atomic E-state index is 13.1. The van der Waals surface area contributed by atoms with E-state index in [0.29, 0.717) is 42.8 Å². The molecule has 3 heterocycles. The normalized spacial score (nSPS) is 20.2. The molecule has 190 valence electrons. The van der Waals surface area contributed by atoms with Gasteiger partial charge in [-0.3, -0.25) is 9.59 Å². The van der Waals surface area contributed by atoms with Crippen LogP contribution in [-0.2, 0) is 4.79 Å². The average molecular weight is 503 g/mol. The summed E-state index contributed by atoms with van der Waals surface area (Å²) >= 11 is 0. The van der Waals surface area contributed by atoms with Gasteiger partial charge in [-0.15, -0.1) is 13.2 Å². The van der Waals surface area contributed by atoms with E-state index in [1.807, 2.05) is 4.90 Å². The van der Waals surface area contributed by atoms with Gasteiger partial charge < -0.3 is 19.3 Å². The lowest BCUT2D eigenvalue weighted by molar-refractivity contribution is -0.275. The molecule has 2 aliphatic rings. The van der Waals surface area contributed by atoms with Crippen molar-refractivity contribution in [3.63, 3.8) is 0 Å². The minimum atomic E-state index is -4.86. The summed E-state index contributed by atoms with van der Waals surface area (Å²) in [5.41, 5.74) is 1.90. The van der Waals surface area contributed by atoms with Crippen molar-refractivity contribution in [1.82, 2.24) is 25.2 Å². The highest BCUT2D eigenvalue weighted by atomic mass is 19.4. The van der Waals surface area contributed by atoms with E-state index in [1.165, 1.54) is 18.2 Å². The molecule has 2 unspecified atom stereocenters. The first-order chi connectivity index (χ1) is 17.3. The maximum atomic E-state index is 13.1. The molecule has 2 atom stereocenters. The average Bonchev–Trinajstić information content (AvgIpc) is 3.44. The Morgan fingerprint density at radius 1 is 0.944 bits per heavy atom. The van der Waals surface area contributed by atoms with E-state index in [4.69, 9.17) is 4.74 Å². The first-order valence-corrected chi connectivity index (χ1v) is 11.6. The summed E-state index contributed by atoms with van der Waals surface area (Å²) in [5, 5.41) is 10.6. The van der Waals surface area contributed by atoms with Crippen LogP contribution in [0, 0.1) is 11.8 Å². The maximum Gasteiger partial charge on any atom is 0.573 e. The van der Waals surface area contributed by atoms with Gasteiger partial charge in [0, 0.05) is 31.7 Å². The molecule has 0 bridgehead atoms. The monoisotopic (exact) mass is 503 g/mol. The third-order valence-corrected chi connectivity index (χ3v) is 6.75. The molecular weight excluding hydrogens is 479 g/mol. The summed E-state index contributed by atoms with van der Waals surface area (Å²) in [4.78, 5) is 29.3. The zero-order chi connectivity index (χ0) is 25.3. The summed E-state index contributed by atoms with van der Waals surface area (Å²) in [6.45, 7) is 1.83. The molecule has 5 rings (SSSR count). The molecule has 2 saturated heterocycles. The summed E-state index contributed by atoms with van der Waals surface area (Å²) in [6.07, 6.45) is -3.39. The van der Waals surface area contributed by atoms with Crippen LogP contribution in [0.25, 0.3) is 11.0 Å². The first kappa shape index (κ1) is 23.9. The van der Waals surface area contributed by atoms with Crippen LogP contribution in [0.5, 0.6) is 11.5 Å². The molecule has 0 spiro atoms. The van der Waals surface area contributed by atoms with Gasteiger partial charge in [-0.1, -0.05) is 12.1 Å². The number of rotatable bonds is 5. The largest absolute Gasteiger partial charge is 0.573 e. The van der Waals surface area contributed by atoms with Crippen LogP contribution < -0.4 is 9.47 Å². The Balaban J connectivity index is 1.15. The highest BCUT2D eigenvalue weighted by molar-refractivity contribution is 5.97. The quantitative estimate of drug-likeness (QED) is 0.574. The topological polar surface area (TPSA) is 101 Å². The number of halogens is 3. The van der Waals surface area contributed by atoms with Gasteiger partial charge in [0.1, 0.15) is 11.0 Å². The Morgan fingerprint density at radius 2 is 1.61 bits per heavy atom. The minimum absolute atomic E-state index is 0.0472. The minimum Gasteiger partial charge on any atom is -0.480 e. The van der Waals surface area contributed by atoms with E-state index in [2.05, 4.69) is 20.1 Å². The van der Waals surface area contributed by atoms with Crippen molar-refractivity contribution in [2.24, 2.45) is 11.8 Å². The Bertz CT molecular complexity index is 1250. The predicted molar refractivity (Wildman–Crippen MR) is 121 cm³/mol. The van der Waals surface area contributed by atoms with Crippen molar-refractivity contribution in [1.29, 1.82) is 0 Å². The van der Waals surface area contributed by atoms with Crippen LogP contribution in [0.2, 0.25) is 0 Å². The molecule has 2 aromatic carbocycles. The number of nitrogens with zero attached hydrogens (tertiary/aromatic N) is 4. The fourth-order valence-electron chi connectivity index (χ4n) is 4.93. The van der Waals surface area contributed by atoms with Gasteiger partial charge >= 0.3 is 6.36 Å². The smallest absolute Gasteiger partial charge is 0.480 e. The number of alkyl halides is 3. The molecule has 0 radical (unpaired) electrons. The van der Waals surface area contributed by atoms with Crippen molar-refractivity contribution in [2.75, 3.05) is 32.8 Å². The zero-order valence-corrected chi connectivity index (χ0v) is 19.2. The van der Waals surface area contributed by atoms with Crippen LogP contribution in [-0.4, -0.2) is 76.2 Å². The predicted octanol–water partition coefficient (Wildman–Crippen LogP) is 3.25. The Kier molecular flexibility index (Phi) is 6.42. The molecule has 0 saturated carbocycles. The third-order valence-electron chi connectivity index (χ3n) is 6.75. The van der Waals surface area contributed by atoms with Crippen LogP contribution in [0.15, 0.2) is 42.5 Å². The van der Waals surface area contributed by atoms with E-state index in [-0.39, 0.29) is 36.0 Å². The van der Waals surface area contributed by atoms with Crippen LogP contribution in [0.1, 0.15) is 23.2 Å². The van der Waals surface area contributed by atoms with E-state index >= 15 is 0 Å². The fourth-order valence-corrected chi connectivity index (χ4v) is 4.93. The number of hydrogen-bond acceptors (Lipinski definition) is 6. The number of H-pyrrole nitrogens is 1. The van der Waals surface area contributed by atoms with E-state index in [1.54, 1.807) is 23.1 Å². The van der Waals surface area contributed by atoms with E-state index < -0.39 is 12.1 Å². The summed E-state index contributed by atoms with van der Waals surface area (Å²) < 4.78 is 47.2. The molecule has 2 aliphatic heterocycles. The molecule has 0 aliphatic carbocycles. The van der Waals surface area contributed by atoms with Crippen molar-refractivity contribution in [3.05, 3.63) is 48.0 Å². The highest BCUT2D eigenvalue weighted by Crippen LogP contribution is 2.34. The number of fused-ring (bicyclic) bond motifs is 2. The number of hydrogen-bond donors (Lipinski definition) is 1. The van der Waals surface area contributed by atoms with Gasteiger partial charge in [-0.05, 0) is 55.0 Å². The number of carbonyl (C=O) groups excluding carboxylic acids is 2. The standard InChI is InChI=1S/C24H24F3N5O4/c25-24(26,27)36-21-4-2-1-3-20(21)35-14-22(33)31-9-7-16-12-32(13-17(16)8-10-31)23(34)15-5-6-18-19(11-15)29-30-28-18/h1-6,11,16-17H,7-10,12-14H2,(H,28,29,30). The second-order valence-electron chi connectivity index (χ2n) is 9.00. The lowest BCUT2D eigenvalue weighted by Crippen LogP contribution is -2.37. The zero-order valence-electron chi connectivity index (χ0n) is 19.2. The van der Waals surface area contributed by atoms with Gasteiger partial charge in [0.2, 0.25) is 0 Å². The summed E-state index contributed by atoms with van der Waals surface area (Å²) in [6, 6.07) is 10.6. The Labute approximate surface area is 204 Å². The fraction of sp³-hybridized carbons (Fsp3) is 0.417. The van der Waals surface area contributed by atoms with Gasteiger partial charge in [0.25, 0.3) is 11.8 Å². The molecule has 1 N–H and O–H groups in total. The molecule has 2 fully saturated rings. The molecule has 3 aromatic rings. The lowest BCUT2D eigenvalue weighted by Gasteiger charge is -2.23. The van der Waals surface area contributed by atoms with Gasteiger partial charge in [0.15, 0.2) is 18.1 Å². The van der Waals surface area contributed by atoms with Crippen molar-refractivity contribution in [2.45, 2.75) is 19.2 Å². The van der Waals surface area contributed by atoms with Gasteiger partial charge in [-0.25, -0.2) is 0 Å². The SMILES string of the molecule is O=C(COc1ccccc1OC(F)(F)F)N1CCC2CN(C(=O)c3ccc4n[nH]nc4c3)CC2CC1. The second kappa shape index (κ2) is 9.67. The van der Waals surface area contributed by atoms with E-state index in [9.17, 15) is 22.8 Å². The Morgan fingerprint density at radius 3 is 2.31 bits per heavy atom. The molecule has 36 heavy (non-hydrogen) atoms. The number of aromatic amines is 1. The number of amides is 2. The number of likely N-dealkylation sites (tertiary alicyclic amines) is 2. The van der Waals surface area contributed by atoms with Crippen LogP contribution in [0.3, 0.4) is 0 Å². The number of nitrogens with one attached hydrogen (secondary N) is 1. The summed E-state index contributed by atoms with van der Waals surface area (Å²) in [5.74, 6) is -0.447. The second-order valence-corrected chi connectivity index (χ2v) is 9.00. The molecule has 1 aromatic heterocycles. The number of aromatic nitrogens is 3. The van der Waals surface area contributed by atoms with Crippen LogP contribution >= 0.6 is 0 Å². The molecule has 12 heteroatoms. The molecule has 2 amide bonds. The third kappa shape index (κ3) is 5.21. The molecule has 9 nitrogen and oxygen atoms in total. The van der Waals surface area contributed by atoms with Gasteiger partial charge in [0.05, 0.1) is 0 Å². The van der Waals surface area contributed by atoms with Crippen molar-refractivity contribution in [3.8, 4) is 11.5 Å². The summed E-state index contributed by atoms with van der Waals surface area (Å²) in [7, 11) is 0.